The number of aromatic nitrogens is 1. The minimum atomic E-state index is -0.975. The van der Waals surface area contributed by atoms with E-state index in [0.717, 1.165) is 17.7 Å². The summed E-state index contributed by atoms with van der Waals surface area (Å²) in [5.74, 6) is -0.971. The van der Waals surface area contributed by atoms with Gasteiger partial charge in [-0.05, 0) is 36.4 Å². The fraction of sp³-hybridized carbons (Fsp3) is 0.0588. The third kappa shape index (κ3) is 4.04. The van der Waals surface area contributed by atoms with Gasteiger partial charge in [-0.1, -0.05) is 16.8 Å². The maximum absolute atomic E-state index is 13.3. The van der Waals surface area contributed by atoms with Crippen LogP contribution in [0.2, 0.25) is 5.02 Å². The van der Waals surface area contributed by atoms with Crippen molar-refractivity contribution in [3.63, 3.8) is 0 Å². The molecule has 0 saturated carbocycles. The molecule has 0 saturated heterocycles. The molecular weight excluding hydrogens is 365 g/mol. The Kier molecular flexibility index (Phi) is 4.94. The van der Waals surface area contributed by atoms with Crippen molar-refractivity contribution < 1.29 is 18.6 Å². The lowest BCUT2D eigenvalue weighted by molar-refractivity contribution is -0.387. The van der Waals surface area contributed by atoms with Crippen molar-refractivity contribution in [1.82, 2.24) is 5.16 Å². The van der Waals surface area contributed by atoms with E-state index in [0.29, 0.717) is 16.5 Å². The number of nitro benzene ring substituents is 1. The van der Waals surface area contributed by atoms with Crippen LogP contribution >= 0.6 is 11.6 Å². The number of rotatable bonds is 5. The van der Waals surface area contributed by atoms with Crippen molar-refractivity contribution in [3.8, 4) is 11.3 Å². The summed E-state index contributed by atoms with van der Waals surface area (Å²) in [6, 6.07) is 11.6. The van der Waals surface area contributed by atoms with Crippen LogP contribution in [0.25, 0.3) is 11.3 Å². The summed E-state index contributed by atoms with van der Waals surface area (Å²) in [5, 5.41) is 17.6. The monoisotopic (exact) mass is 375 g/mol. The lowest BCUT2D eigenvalue weighted by atomic mass is 10.1. The summed E-state index contributed by atoms with van der Waals surface area (Å²) < 4.78 is 18.5. The number of nitrogens with zero attached hydrogens (tertiary/aromatic N) is 2. The van der Waals surface area contributed by atoms with Crippen LogP contribution in [0.4, 0.5) is 15.8 Å². The first-order chi connectivity index (χ1) is 12.4. The number of carbonyl (C=O) groups excluding carboxylic acids is 1. The quantitative estimate of drug-likeness (QED) is 0.531. The molecule has 1 heterocycles. The Morgan fingerprint density at radius 1 is 1.23 bits per heavy atom. The second-order valence-electron chi connectivity index (χ2n) is 5.34. The predicted octanol–water partition coefficient (Wildman–Crippen LogP) is 4.22. The first-order valence-electron chi connectivity index (χ1n) is 7.38. The van der Waals surface area contributed by atoms with Gasteiger partial charge in [-0.3, -0.25) is 14.9 Å². The molecule has 9 heteroatoms. The highest BCUT2D eigenvalue weighted by molar-refractivity contribution is 6.30. The van der Waals surface area contributed by atoms with E-state index in [1.807, 2.05) is 0 Å². The molecule has 0 aliphatic heterocycles. The SMILES string of the molecule is O=C(Cc1cc(-c2ccc(Cl)cc2)on1)Nc1ccc(F)c([N+](=O)[O-])c1. The number of nitro groups is 1. The molecule has 3 rings (SSSR count). The highest BCUT2D eigenvalue weighted by Crippen LogP contribution is 2.24. The maximum Gasteiger partial charge on any atom is 0.306 e. The van der Waals surface area contributed by atoms with Crippen LogP contribution in [0.15, 0.2) is 53.1 Å². The van der Waals surface area contributed by atoms with E-state index in [4.69, 9.17) is 16.1 Å². The number of nitrogens with one attached hydrogen (secondary N) is 1. The summed E-state index contributed by atoms with van der Waals surface area (Å²) in [6.45, 7) is 0. The number of hydrogen-bond donors (Lipinski definition) is 1. The number of carbonyl (C=O) groups is 1. The molecule has 1 N–H and O–H groups in total. The van der Waals surface area contributed by atoms with Crippen molar-refractivity contribution >= 4 is 28.9 Å². The van der Waals surface area contributed by atoms with E-state index < -0.39 is 22.3 Å². The Bertz CT molecular complexity index is 972. The van der Waals surface area contributed by atoms with Crippen LogP contribution in [0.5, 0.6) is 0 Å². The van der Waals surface area contributed by atoms with Gasteiger partial charge in [0.05, 0.1) is 17.0 Å². The minimum Gasteiger partial charge on any atom is -0.356 e. The molecule has 0 bridgehead atoms. The molecule has 1 aromatic heterocycles. The van der Waals surface area contributed by atoms with Gasteiger partial charge >= 0.3 is 5.69 Å². The van der Waals surface area contributed by atoms with Gasteiger partial charge < -0.3 is 9.84 Å². The minimum absolute atomic E-state index is 0.109. The van der Waals surface area contributed by atoms with Gasteiger partial charge in [0, 0.05) is 28.4 Å². The topological polar surface area (TPSA) is 98.3 Å². The van der Waals surface area contributed by atoms with E-state index in [2.05, 4.69) is 10.5 Å². The van der Waals surface area contributed by atoms with Crippen LogP contribution < -0.4 is 5.32 Å². The molecule has 132 valence electrons. The number of hydrogen-bond acceptors (Lipinski definition) is 5. The molecule has 0 spiro atoms. The van der Waals surface area contributed by atoms with Crippen LogP contribution in [0.1, 0.15) is 5.69 Å². The van der Waals surface area contributed by atoms with E-state index in [9.17, 15) is 19.3 Å². The lowest BCUT2D eigenvalue weighted by Crippen LogP contribution is -2.14. The molecule has 0 atom stereocenters. The normalized spacial score (nSPS) is 10.5. The summed E-state index contributed by atoms with van der Waals surface area (Å²) in [7, 11) is 0. The van der Waals surface area contributed by atoms with Crippen molar-refractivity contribution in [1.29, 1.82) is 0 Å². The molecule has 0 aliphatic rings. The number of halogens is 2. The molecule has 0 radical (unpaired) electrons. The molecule has 2 aromatic carbocycles. The van der Waals surface area contributed by atoms with Gasteiger partial charge in [0.2, 0.25) is 11.7 Å². The second kappa shape index (κ2) is 7.32. The van der Waals surface area contributed by atoms with Crippen molar-refractivity contribution in [3.05, 3.63) is 75.2 Å². The number of benzene rings is 2. The summed E-state index contributed by atoms with van der Waals surface area (Å²) in [4.78, 5) is 21.9. The van der Waals surface area contributed by atoms with E-state index in [1.165, 1.54) is 6.07 Å². The Labute approximate surface area is 151 Å². The van der Waals surface area contributed by atoms with Crippen molar-refractivity contribution in [2.24, 2.45) is 0 Å². The largest absolute Gasteiger partial charge is 0.356 e. The Hall–Kier alpha value is -3.26. The molecule has 1 amide bonds. The molecule has 0 unspecified atom stereocenters. The Balaban J connectivity index is 1.68. The smallest absolute Gasteiger partial charge is 0.306 e. The fourth-order valence-corrected chi connectivity index (χ4v) is 2.37. The van der Waals surface area contributed by atoms with Crippen LogP contribution in [-0.4, -0.2) is 16.0 Å². The third-order valence-corrected chi connectivity index (χ3v) is 3.71. The molecule has 0 aliphatic carbocycles. The average molecular weight is 376 g/mol. The standard InChI is InChI=1S/C17H11ClFN3O4/c18-11-3-1-10(2-4-11)16-8-13(21-26-16)9-17(23)20-12-5-6-14(19)15(7-12)22(24)25/h1-8H,9H2,(H,20,23). The molecule has 26 heavy (non-hydrogen) atoms. The zero-order chi connectivity index (χ0) is 18.7. The summed E-state index contributed by atoms with van der Waals surface area (Å²) >= 11 is 5.83. The first kappa shape index (κ1) is 17.6. The third-order valence-electron chi connectivity index (χ3n) is 3.46. The van der Waals surface area contributed by atoms with Gasteiger partial charge in [0.15, 0.2) is 5.76 Å². The molecular formula is C17H11ClFN3O4. The summed E-state index contributed by atoms with van der Waals surface area (Å²) in [6.07, 6.45) is -0.109. The van der Waals surface area contributed by atoms with Crippen LogP contribution in [-0.2, 0) is 11.2 Å². The maximum atomic E-state index is 13.3. The first-order valence-corrected chi connectivity index (χ1v) is 7.75. The van der Waals surface area contributed by atoms with E-state index in [1.54, 1.807) is 30.3 Å². The van der Waals surface area contributed by atoms with Crippen molar-refractivity contribution in [2.75, 3.05) is 5.32 Å². The molecule has 0 fully saturated rings. The lowest BCUT2D eigenvalue weighted by Gasteiger charge is -2.04. The number of anilines is 1. The molecule has 7 nitrogen and oxygen atoms in total. The van der Waals surface area contributed by atoms with Gasteiger partial charge in [0.25, 0.3) is 0 Å². The number of amides is 1. The predicted molar refractivity (Wildman–Crippen MR) is 92.3 cm³/mol. The van der Waals surface area contributed by atoms with Crippen LogP contribution in [0, 0.1) is 15.9 Å². The summed E-state index contributed by atoms with van der Waals surface area (Å²) in [5.41, 5.74) is 0.533. The van der Waals surface area contributed by atoms with Gasteiger partial charge in [-0.25, -0.2) is 0 Å². The van der Waals surface area contributed by atoms with E-state index >= 15 is 0 Å². The molecule has 3 aromatic rings. The van der Waals surface area contributed by atoms with Crippen LogP contribution in [0.3, 0.4) is 0 Å². The zero-order valence-corrected chi connectivity index (χ0v) is 13.9. The second-order valence-corrected chi connectivity index (χ2v) is 5.77. The van der Waals surface area contributed by atoms with Gasteiger partial charge in [-0.2, -0.15) is 4.39 Å². The highest BCUT2D eigenvalue weighted by atomic mass is 35.5. The fourth-order valence-electron chi connectivity index (χ4n) is 2.25. The average Bonchev–Trinajstić information content (AvgIpc) is 3.05. The Morgan fingerprint density at radius 2 is 1.96 bits per heavy atom. The van der Waals surface area contributed by atoms with Gasteiger partial charge in [0.1, 0.15) is 0 Å². The van der Waals surface area contributed by atoms with E-state index in [-0.39, 0.29) is 12.1 Å². The van der Waals surface area contributed by atoms with Crippen molar-refractivity contribution in [2.45, 2.75) is 6.42 Å². The highest BCUT2D eigenvalue weighted by Gasteiger charge is 2.16. The Morgan fingerprint density at radius 3 is 2.65 bits per heavy atom. The van der Waals surface area contributed by atoms with Gasteiger partial charge in [-0.15, -0.1) is 0 Å². The zero-order valence-electron chi connectivity index (χ0n) is 13.1.